The van der Waals surface area contributed by atoms with E-state index >= 15 is 19.2 Å². The van der Waals surface area contributed by atoms with E-state index in [4.69, 9.17) is 5.73 Å². The van der Waals surface area contributed by atoms with Crippen molar-refractivity contribution >= 4 is 110 Å². The summed E-state index contributed by atoms with van der Waals surface area (Å²) in [5.74, 6) is -15.6. The number of fused-ring (bicyclic) bond motifs is 8. The minimum Gasteiger partial charge on any atom is -0.394 e. The summed E-state index contributed by atoms with van der Waals surface area (Å²) < 4.78 is 0. The minimum atomic E-state index is -1.86. The van der Waals surface area contributed by atoms with E-state index in [2.05, 4.69) is 58.5 Å². The molecule has 1 unspecified atom stereocenters. The number of amides is 15. The first-order valence-electron chi connectivity index (χ1n) is 35.8. The maximum atomic E-state index is 15.3. The number of nitrogens with one attached hydrogen (secondary N) is 11. The lowest BCUT2D eigenvalue weighted by Gasteiger charge is -2.35. The topological polar surface area (TPSA) is 465 Å². The number of aliphatic hydroxyl groups excluding tert-OH is 2. The second-order valence-corrected chi connectivity index (χ2v) is 29.7. The number of hydrogen-bond acceptors (Lipinski definition) is 19. The molecule has 5 fully saturated rings. The molecule has 0 saturated carbocycles. The number of rotatable bonds is 15. The Morgan fingerprint density at radius 2 is 0.923 bits per heavy atom. The summed E-state index contributed by atoms with van der Waals surface area (Å²) in [6.07, 6.45) is -0.0574. The first kappa shape index (κ1) is 82.4. The molecule has 34 heteroatoms. The molecule has 5 aliphatic rings. The fourth-order valence-electron chi connectivity index (χ4n) is 13.1. The van der Waals surface area contributed by atoms with E-state index in [1.54, 1.807) is 88.4 Å². The predicted molar refractivity (Wildman–Crippen MR) is 383 cm³/mol. The quantitative estimate of drug-likeness (QED) is 0.0810. The number of primary amides is 1. The van der Waals surface area contributed by atoms with E-state index in [1.165, 1.54) is 14.7 Å². The number of unbranched alkanes of at least 4 members (excludes halogenated alkanes) is 1. The van der Waals surface area contributed by atoms with Crippen LogP contribution in [0.1, 0.15) is 130 Å². The Kier molecular flexibility index (Phi) is 31.6. The van der Waals surface area contributed by atoms with Crippen molar-refractivity contribution in [3.05, 3.63) is 71.8 Å². The molecule has 16 atom stereocenters. The first-order valence-corrected chi connectivity index (χ1v) is 38.3. The van der Waals surface area contributed by atoms with Gasteiger partial charge in [-0.3, -0.25) is 71.9 Å². The van der Waals surface area contributed by atoms with Crippen LogP contribution in [0.25, 0.3) is 0 Å². The molecule has 2 bridgehead atoms. The van der Waals surface area contributed by atoms with E-state index in [9.17, 15) is 63.0 Å². The Hall–Kier alpha value is -8.89. The third-order valence-electron chi connectivity index (χ3n) is 19.5. The van der Waals surface area contributed by atoms with E-state index < -0.39 is 210 Å². The Balaban J connectivity index is 1.35. The van der Waals surface area contributed by atoms with Crippen molar-refractivity contribution in [3.8, 4) is 0 Å². The van der Waals surface area contributed by atoms with Crippen LogP contribution in [0.15, 0.2) is 60.7 Å². The van der Waals surface area contributed by atoms with Gasteiger partial charge < -0.3 is 89.1 Å². The SMILES string of the molecule is CCCCC1NC(=O)[C@@H]2CSSC[C@H](NC(=O)[C@H]([C@@H](C)CC)NC(=O)[C@@H]3CCCN3C(=O)[C@@H]3CCCN3C(=O)[C@H]([C@@H](C)CC)NC(=O)[C@H](CO)NC(=O)[C@H](Cc3ccccc3)NC1=O)C(=O)N[C@@H](Cc1ccccc1)C(=O)N1CCC[C@H]1C(=O)N[C@@H](CC(N)=O)C(=O)NCC(=O)N[C@@H]([C@@H](C)O)C(=O)N2. The highest BCUT2D eigenvalue weighted by Crippen LogP contribution is 2.29. The third-order valence-corrected chi connectivity index (χ3v) is 22.0. The lowest BCUT2D eigenvalue weighted by molar-refractivity contribution is -0.149. The lowest BCUT2D eigenvalue weighted by Crippen LogP contribution is -2.62. The van der Waals surface area contributed by atoms with Gasteiger partial charge in [0.15, 0.2) is 0 Å². The van der Waals surface area contributed by atoms with Crippen LogP contribution < -0.4 is 64.2 Å². The van der Waals surface area contributed by atoms with Crippen molar-refractivity contribution < 1.29 is 82.1 Å². The van der Waals surface area contributed by atoms with Gasteiger partial charge >= 0.3 is 0 Å². The highest BCUT2D eigenvalue weighted by atomic mass is 33.1. The van der Waals surface area contributed by atoms with Crippen molar-refractivity contribution in [1.82, 2.24) is 73.2 Å². The van der Waals surface area contributed by atoms with Crippen LogP contribution in [0.2, 0.25) is 0 Å². The molecule has 570 valence electrons. The minimum absolute atomic E-state index is 0.0129. The van der Waals surface area contributed by atoms with Gasteiger partial charge in [-0.05, 0) is 74.8 Å². The molecule has 2 aromatic carbocycles. The van der Waals surface area contributed by atoms with E-state index in [1.807, 2.05) is 6.92 Å². The molecule has 15 N–H and O–H groups in total. The Bertz CT molecular complexity index is 3410. The van der Waals surface area contributed by atoms with Crippen LogP contribution in [0.4, 0.5) is 0 Å². The second kappa shape index (κ2) is 39.8. The van der Waals surface area contributed by atoms with Crippen LogP contribution in [0.5, 0.6) is 0 Å². The molecule has 5 heterocycles. The highest BCUT2D eigenvalue weighted by Gasteiger charge is 2.47. The monoisotopic (exact) mass is 1490 g/mol. The van der Waals surface area contributed by atoms with Crippen molar-refractivity contribution in [2.75, 3.05) is 44.3 Å². The van der Waals surface area contributed by atoms with Gasteiger partial charge in [0.05, 0.1) is 25.7 Å². The van der Waals surface area contributed by atoms with Gasteiger partial charge in [0.25, 0.3) is 0 Å². The maximum absolute atomic E-state index is 15.3. The summed E-state index contributed by atoms with van der Waals surface area (Å²) >= 11 is 0. The molecule has 15 amide bonds. The number of nitrogens with zero attached hydrogens (tertiary/aromatic N) is 3. The van der Waals surface area contributed by atoms with Crippen LogP contribution in [0.3, 0.4) is 0 Å². The summed E-state index contributed by atoms with van der Waals surface area (Å²) in [4.78, 5) is 222. The van der Waals surface area contributed by atoms with Gasteiger partial charge in [0.2, 0.25) is 88.6 Å². The van der Waals surface area contributed by atoms with Crippen molar-refractivity contribution in [2.45, 2.75) is 216 Å². The fraction of sp³-hybridized carbons (Fsp3) is 0.614. The number of carbonyl (C=O) groups is 15. The Labute approximate surface area is 612 Å². The molecule has 0 aliphatic carbocycles. The molecular formula is C70H101N15O17S2. The number of nitrogens with two attached hydrogens (primary N) is 1. The Morgan fingerprint density at radius 3 is 1.45 bits per heavy atom. The molecule has 7 rings (SSSR count). The lowest BCUT2D eigenvalue weighted by atomic mass is 9.96. The van der Waals surface area contributed by atoms with Gasteiger partial charge in [-0.15, -0.1) is 0 Å². The fourth-order valence-corrected chi connectivity index (χ4v) is 15.5. The van der Waals surface area contributed by atoms with E-state index in [0.29, 0.717) is 49.7 Å². The van der Waals surface area contributed by atoms with Crippen LogP contribution in [0, 0.1) is 11.8 Å². The Morgan fingerprint density at radius 1 is 0.481 bits per heavy atom. The molecule has 104 heavy (non-hydrogen) atoms. The van der Waals surface area contributed by atoms with Gasteiger partial charge in [-0.2, -0.15) is 0 Å². The summed E-state index contributed by atoms with van der Waals surface area (Å²) in [5, 5.41) is 50.6. The molecule has 0 aromatic heterocycles. The van der Waals surface area contributed by atoms with Crippen LogP contribution >= 0.6 is 21.6 Å². The zero-order valence-electron chi connectivity index (χ0n) is 59.6. The zero-order valence-corrected chi connectivity index (χ0v) is 61.2. The molecule has 5 aliphatic heterocycles. The van der Waals surface area contributed by atoms with Crippen molar-refractivity contribution in [3.63, 3.8) is 0 Å². The second-order valence-electron chi connectivity index (χ2n) is 27.2. The summed E-state index contributed by atoms with van der Waals surface area (Å²) in [6, 6.07) is -2.25. The molecule has 32 nitrogen and oxygen atoms in total. The molecule has 2 aromatic rings. The number of carbonyl (C=O) groups excluding carboxylic acids is 15. The largest absolute Gasteiger partial charge is 0.394 e. The van der Waals surface area contributed by atoms with Gasteiger partial charge in [-0.25, -0.2) is 0 Å². The van der Waals surface area contributed by atoms with Crippen molar-refractivity contribution in [2.24, 2.45) is 17.6 Å². The maximum Gasteiger partial charge on any atom is 0.246 e. The van der Waals surface area contributed by atoms with Gasteiger partial charge in [0, 0.05) is 44.0 Å². The summed E-state index contributed by atoms with van der Waals surface area (Å²) in [7, 11) is 1.79. The number of benzene rings is 2. The van der Waals surface area contributed by atoms with Crippen LogP contribution in [-0.4, -0.2) is 242 Å². The average molecular weight is 1490 g/mol. The normalized spacial score (nSPS) is 28.7. The molecule has 0 radical (unpaired) electrons. The smallest absolute Gasteiger partial charge is 0.246 e. The average Bonchev–Trinajstić information content (AvgIpc) is 1.63. The number of hydrogen-bond donors (Lipinski definition) is 14. The zero-order chi connectivity index (χ0) is 75.9. The standard InChI is InChI=1S/C70H101N15O17S2/c1-7-10-24-43-59(91)74-44(31-41-20-13-11-14-21-41)60(92)77-47(35-86)61(93)82-56(39(5)9-3)70(102)85-30-19-27-52(85)69(101)84-29-18-26-51(84)65(97)81-55(38(4)8-2)66(98)78-49-37-104-103-36-48(62(94)73-43)79-67(99)57(40(6)87)80-54(89)34-72-58(90)45(33-53(71)88)75-64(96)50-25-17-28-83(50)68(100)46(76-63(49)95)32-42-22-15-12-16-23-42/h11-16,20-23,38-40,43-52,55-57,86-87H,7-10,17-19,24-37H2,1-6H3,(H2,71,88)(H,72,90)(H,73,94)(H,74,91)(H,75,96)(H,76,95)(H,77,92)(H,78,98)(H,79,99)(H,80,89)(H,81,97)(H,82,93)/t38-,39-,40+,43?,44-,45-,46-,47-,48-,49-,50-,51-,52-,55-,56-,57-/m0/s1. The van der Waals surface area contributed by atoms with E-state index in [-0.39, 0.29) is 70.3 Å². The molecular weight excluding hydrogens is 1390 g/mol. The third kappa shape index (κ3) is 22.6. The van der Waals surface area contributed by atoms with Crippen molar-refractivity contribution in [1.29, 1.82) is 0 Å². The molecule has 5 saturated heterocycles. The number of aliphatic hydroxyl groups is 2. The summed E-state index contributed by atoms with van der Waals surface area (Å²) in [5.41, 5.74) is 6.63. The van der Waals surface area contributed by atoms with Gasteiger partial charge in [-0.1, -0.05) is 143 Å². The summed E-state index contributed by atoms with van der Waals surface area (Å²) in [6.45, 7) is 8.21. The predicted octanol–water partition coefficient (Wildman–Crippen LogP) is -2.65. The van der Waals surface area contributed by atoms with Crippen LogP contribution in [-0.2, 0) is 84.8 Å². The van der Waals surface area contributed by atoms with Gasteiger partial charge in [0.1, 0.15) is 78.5 Å². The first-order chi connectivity index (χ1) is 49.7. The van der Waals surface area contributed by atoms with E-state index in [0.717, 1.165) is 28.5 Å². The highest BCUT2D eigenvalue weighted by molar-refractivity contribution is 8.76. The molecule has 0 spiro atoms.